The van der Waals surface area contributed by atoms with E-state index in [1.807, 2.05) is 36.6 Å². The number of thioether (sulfide) groups is 1. The van der Waals surface area contributed by atoms with Crippen LogP contribution in [0.25, 0.3) is 11.5 Å². The third kappa shape index (κ3) is 4.60. The summed E-state index contributed by atoms with van der Waals surface area (Å²) in [5.74, 6) is -0.00551. The Morgan fingerprint density at radius 1 is 1.33 bits per heavy atom. The average Bonchev–Trinajstić information content (AvgIpc) is 3.27. The molecule has 0 saturated carbocycles. The molecule has 0 aliphatic carbocycles. The second kappa shape index (κ2) is 9.68. The van der Waals surface area contributed by atoms with E-state index < -0.39 is 5.97 Å². The Hall–Kier alpha value is -2.98. The number of carbonyl (C=O) groups excluding carboxylic acids is 2. The molecule has 3 aromatic rings. The number of nitrogens with zero attached hydrogens (tertiary/aromatic N) is 4. The smallest absolute Gasteiger partial charge is 0.341 e. The van der Waals surface area contributed by atoms with Crippen LogP contribution in [0.2, 0.25) is 0 Å². The van der Waals surface area contributed by atoms with Crippen molar-refractivity contribution in [1.82, 2.24) is 19.7 Å². The minimum absolute atomic E-state index is 0.105. The maximum atomic E-state index is 12.5. The van der Waals surface area contributed by atoms with Crippen LogP contribution in [0.3, 0.4) is 0 Å². The van der Waals surface area contributed by atoms with E-state index in [2.05, 4.69) is 27.1 Å². The van der Waals surface area contributed by atoms with Gasteiger partial charge in [-0.25, -0.2) is 4.79 Å². The van der Waals surface area contributed by atoms with Gasteiger partial charge in [-0.1, -0.05) is 23.9 Å². The molecule has 0 radical (unpaired) electrons. The second-order valence-corrected chi connectivity index (χ2v) is 8.40. The topological polar surface area (TPSA) is 99.0 Å². The quantitative estimate of drug-likeness (QED) is 0.322. The first kappa shape index (κ1) is 21.7. The number of aryl methyl sites for hydroxylation is 1. The predicted molar refractivity (Wildman–Crippen MR) is 118 cm³/mol. The van der Waals surface area contributed by atoms with Crippen molar-refractivity contribution in [2.45, 2.75) is 25.5 Å². The molecule has 30 heavy (non-hydrogen) atoms. The first-order valence-corrected chi connectivity index (χ1v) is 10.8. The molecule has 0 spiro atoms. The number of aromatic nitrogens is 4. The number of hydrogen-bond acceptors (Lipinski definition) is 8. The highest BCUT2D eigenvalue weighted by Gasteiger charge is 2.22. The van der Waals surface area contributed by atoms with Crippen LogP contribution in [0.15, 0.2) is 42.2 Å². The molecule has 3 aromatic heterocycles. The van der Waals surface area contributed by atoms with Crippen molar-refractivity contribution < 1.29 is 14.3 Å². The lowest BCUT2D eigenvalue weighted by Crippen LogP contribution is -2.16. The van der Waals surface area contributed by atoms with E-state index in [1.165, 1.54) is 30.2 Å². The summed E-state index contributed by atoms with van der Waals surface area (Å²) in [5.41, 5.74) is 1.89. The number of hydrogen-bond donors (Lipinski definition) is 1. The van der Waals surface area contributed by atoms with Gasteiger partial charge in [-0.3, -0.25) is 14.3 Å². The van der Waals surface area contributed by atoms with Gasteiger partial charge >= 0.3 is 5.97 Å². The Bertz CT molecular complexity index is 1080. The fourth-order valence-corrected chi connectivity index (χ4v) is 4.54. The Balaban J connectivity index is 1.74. The van der Waals surface area contributed by atoms with Gasteiger partial charge in [0.05, 0.1) is 18.4 Å². The highest BCUT2D eigenvalue weighted by Crippen LogP contribution is 2.33. The number of amides is 1. The first-order chi connectivity index (χ1) is 14.5. The third-order valence-electron chi connectivity index (χ3n) is 4.28. The first-order valence-electron chi connectivity index (χ1n) is 9.02. The maximum Gasteiger partial charge on any atom is 0.341 e. The van der Waals surface area contributed by atoms with Gasteiger partial charge in [-0.15, -0.1) is 28.1 Å². The molecule has 1 N–H and O–H groups in total. The van der Waals surface area contributed by atoms with E-state index in [4.69, 9.17) is 4.74 Å². The number of methoxy groups -OCH3 is 1. The Labute approximate surface area is 182 Å². The number of carbonyl (C=O) groups is 2. The molecular formula is C20H21N5O3S2. The predicted octanol–water partition coefficient (Wildman–Crippen LogP) is 3.72. The lowest BCUT2D eigenvalue weighted by atomic mass is 10.1. The number of allylic oxidation sites excluding steroid dienone is 1. The van der Waals surface area contributed by atoms with Gasteiger partial charge in [0.1, 0.15) is 10.7 Å². The molecular weight excluding hydrogens is 422 g/mol. The average molecular weight is 444 g/mol. The molecule has 0 fully saturated rings. The molecule has 10 heteroatoms. The lowest BCUT2D eigenvalue weighted by Gasteiger charge is -2.08. The molecule has 0 saturated heterocycles. The van der Waals surface area contributed by atoms with Gasteiger partial charge in [0.25, 0.3) is 0 Å². The fourth-order valence-electron chi connectivity index (χ4n) is 2.73. The van der Waals surface area contributed by atoms with E-state index >= 15 is 0 Å². The number of rotatable bonds is 8. The molecule has 3 heterocycles. The number of nitrogens with one attached hydrogen (secondary N) is 1. The number of pyridine rings is 1. The molecule has 0 bridgehead atoms. The summed E-state index contributed by atoms with van der Waals surface area (Å²) in [6, 6.07) is 5.55. The largest absolute Gasteiger partial charge is 0.465 e. The molecule has 156 valence electrons. The highest BCUT2D eigenvalue weighted by molar-refractivity contribution is 7.99. The van der Waals surface area contributed by atoms with E-state index in [1.54, 1.807) is 12.3 Å². The summed E-state index contributed by atoms with van der Waals surface area (Å²) in [5, 5.41) is 12.3. The molecule has 0 atom stereocenters. The zero-order valence-electron chi connectivity index (χ0n) is 16.8. The molecule has 3 rings (SSSR count). The second-order valence-electron chi connectivity index (χ2n) is 6.24. The Kier molecular flexibility index (Phi) is 7.01. The van der Waals surface area contributed by atoms with Crippen LogP contribution in [0.4, 0.5) is 5.00 Å². The summed E-state index contributed by atoms with van der Waals surface area (Å²) in [7, 11) is 1.32. The Morgan fingerprint density at radius 2 is 2.13 bits per heavy atom. The summed E-state index contributed by atoms with van der Waals surface area (Å²) >= 11 is 2.60. The van der Waals surface area contributed by atoms with E-state index in [-0.39, 0.29) is 11.7 Å². The molecule has 1 amide bonds. The Morgan fingerprint density at radius 3 is 2.80 bits per heavy atom. The van der Waals surface area contributed by atoms with Crippen molar-refractivity contribution in [3.05, 3.63) is 53.1 Å². The standard InChI is InChI=1S/C20H21N5O3S2/c1-5-10-25-17(14-8-6-7-9-21-14)23-24-20(25)29-11-15(26)22-18-16(19(27)28-4)12(2)13(3)30-18/h5-9H,1,10-11H2,2-4H3,(H,22,26). The number of anilines is 1. The highest BCUT2D eigenvalue weighted by atomic mass is 32.2. The van der Waals surface area contributed by atoms with Crippen LogP contribution >= 0.6 is 23.1 Å². The molecule has 8 nitrogen and oxygen atoms in total. The van der Waals surface area contributed by atoms with Gasteiger partial charge in [-0.2, -0.15) is 0 Å². The summed E-state index contributed by atoms with van der Waals surface area (Å²) in [6.07, 6.45) is 3.42. The molecule has 0 aromatic carbocycles. The van der Waals surface area contributed by atoms with Crippen molar-refractivity contribution in [3.8, 4) is 11.5 Å². The van der Waals surface area contributed by atoms with Crippen LogP contribution in [0.5, 0.6) is 0 Å². The molecule has 0 unspecified atom stereocenters. The van der Waals surface area contributed by atoms with E-state index in [9.17, 15) is 9.59 Å². The SMILES string of the molecule is C=CCn1c(SCC(=O)Nc2sc(C)c(C)c2C(=O)OC)nnc1-c1ccccn1. The maximum absolute atomic E-state index is 12.5. The van der Waals surface area contributed by atoms with Gasteiger partial charge in [0.2, 0.25) is 5.91 Å². The van der Waals surface area contributed by atoms with Gasteiger partial charge in [0, 0.05) is 17.6 Å². The van der Waals surface area contributed by atoms with Crippen molar-refractivity contribution >= 4 is 40.0 Å². The van der Waals surface area contributed by atoms with Crippen molar-refractivity contribution in [2.75, 3.05) is 18.2 Å². The monoisotopic (exact) mass is 443 g/mol. The lowest BCUT2D eigenvalue weighted by molar-refractivity contribution is -0.113. The summed E-state index contributed by atoms with van der Waals surface area (Å²) < 4.78 is 6.70. The van der Waals surface area contributed by atoms with Crippen LogP contribution in [0, 0.1) is 13.8 Å². The summed E-state index contributed by atoms with van der Waals surface area (Å²) in [4.78, 5) is 29.9. The van der Waals surface area contributed by atoms with Crippen LogP contribution in [-0.2, 0) is 16.1 Å². The number of esters is 1. The minimum atomic E-state index is -0.467. The zero-order chi connectivity index (χ0) is 21.7. The van der Waals surface area contributed by atoms with Crippen LogP contribution in [0.1, 0.15) is 20.8 Å². The fraction of sp³-hybridized carbons (Fsp3) is 0.250. The summed E-state index contributed by atoms with van der Waals surface area (Å²) in [6.45, 7) is 7.99. The number of ether oxygens (including phenoxy) is 1. The molecule has 0 aliphatic heterocycles. The van der Waals surface area contributed by atoms with Crippen molar-refractivity contribution in [1.29, 1.82) is 0 Å². The van der Waals surface area contributed by atoms with Gasteiger partial charge in [-0.05, 0) is 31.5 Å². The van der Waals surface area contributed by atoms with Crippen molar-refractivity contribution in [2.24, 2.45) is 0 Å². The van der Waals surface area contributed by atoms with Gasteiger partial charge < -0.3 is 10.1 Å². The van der Waals surface area contributed by atoms with E-state index in [0.29, 0.717) is 33.8 Å². The van der Waals surface area contributed by atoms with Gasteiger partial charge in [0.15, 0.2) is 11.0 Å². The van der Waals surface area contributed by atoms with Crippen LogP contribution < -0.4 is 5.32 Å². The number of thiophene rings is 1. The normalized spacial score (nSPS) is 10.6. The van der Waals surface area contributed by atoms with E-state index in [0.717, 1.165) is 10.4 Å². The van der Waals surface area contributed by atoms with Crippen LogP contribution in [-0.4, -0.2) is 44.5 Å². The zero-order valence-corrected chi connectivity index (χ0v) is 18.5. The molecule has 0 aliphatic rings. The van der Waals surface area contributed by atoms with Crippen molar-refractivity contribution in [3.63, 3.8) is 0 Å². The minimum Gasteiger partial charge on any atom is -0.465 e. The third-order valence-corrected chi connectivity index (χ3v) is 6.37.